The van der Waals surface area contributed by atoms with Gasteiger partial charge in [0, 0.05) is 6.54 Å². The van der Waals surface area contributed by atoms with Crippen molar-refractivity contribution in [3.8, 4) is 6.07 Å². The molecular weight excluding hydrogens is 128 g/mol. The fourth-order valence-electron chi connectivity index (χ4n) is 0.867. The largest absolute Gasteiger partial charge is 0.328 e. The molecule has 0 amide bonds. The monoisotopic (exact) mass is 138 g/mol. The lowest BCUT2D eigenvalue weighted by molar-refractivity contribution is 0.365. The van der Waals surface area contributed by atoms with Gasteiger partial charge < -0.3 is 4.90 Å². The minimum atomic E-state index is -0.250. The summed E-state index contributed by atoms with van der Waals surface area (Å²) < 4.78 is 0. The van der Waals surface area contributed by atoms with E-state index in [0.29, 0.717) is 0 Å². The van der Waals surface area contributed by atoms with E-state index < -0.39 is 0 Å². The zero-order valence-electron chi connectivity index (χ0n) is 5.91. The van der Waals surface area contributed by atoms with Crippen LogP contribution in [0.4, 0.5) is 0 Å². The highest BCUT2D eigenvalue weighted by Gasteiger charge is 2.16. The average molecular weight is 138 g/mol. The minimum absolute atomic E-state index is 0.250. The van der Waals surface area contributed by atoms with Crippen LogP contribution in [-0.4, -0.2) is 23.9 Å². The molecule has 1 atom stereocenters. The quantitative estimate of drug-likeness (QED) is 0.588. The maximum absolute atomic E-state index is 8.53. The van der Waals surface area contributed by atoms with Crippen molar-refractivity contribution in [1.29, 1.82) is 5.26 Å². The Bertz CT molecular complexity index is 169. The Kier molecular flexibility index (Phi) is 2.11. The maximum atomic E-state index is 8.53. The van der Waals surface area contributed by atoms with Crippen LogP contribution in [0, 0.1) is 11.3 Å². The summed E-state index contributed by atoms with van der Waals surface area (Å²) in [5, 5.41) is 12.3. The molecule has 0 aliphatic carbocycles. The van der Waals surface area contributed by atoms with Crippen molar-refractivity contribution in [3.63, 3.8) is 0 Å². The van der Waals surface area contributed by atoms with Crippen molar-refractivity contribution < 1.29 is 0 Å². The second kappa shape index (κ2) is 3.06. The van der Waals surface area contributed by atoms with E-state index in [-0.39, 0.29) is 6.17 Å². The number of hydrogen-bond acceptors (Lipinski definition) is 4. The van der Waals surface area contributed by atoms with E-state index in [1.807, 2.05) is 4.90 Å². The third-order valence-corrected chi connectivity index (χ3v) is 1.34. The summed E-state index contributed by atoms with van der Waals surface area (Å²) in [5.74, 6) is 0. The van der Waals surface area contributed by atoms with E-state index in [2.05, 4.69) is 23.5 Å². The maximum Gasteiger partial charge on any atom is 0.205 e. The molecule has 4 nitrogen and oxygen atoms in total. The molecule has 54 valence electrons. The molecule has 10 heavy (non-hydrogen) atoms. The van der Waals surface area contributed by atoms with Crippen LogP contribution in [0.15, 0.2) is 5.10 Å². The van der Waals surface area contributed by atoms with Gasteiger partial charge in [-0.05, 0) is 6.42 Å². The van der Waals surface area contributed by atoms with E-state index in [1.165, 1.54) is 0 Å². The molecule has 1 N–H and O–H groups in total. The lowest BCUT2D eigenvalue weighted by atomic mass is 10.4. The van der Waals surface area contributed by atoms with Gasteiger partial charge in [-0.2, -0.15) is 10.4 Å². The van der Waals surface area contributed by atoms with E-state index in [4.69, 9.17) is 5.26 Å². The zero-order chi connectivity index (χ0) is 7.40. The summed E-state index contributed by atoms with van der Waals surface area (Å²) in [4.78, 5) is 1.88. The van der Waals surface area contributed by atoms with Crippen molar-refractivity contribution in [2.45, 2.75) is 19.5 Å². The van der Waals surface area contributed by atoms with Crippen molar-refractivity contribution >= 4 is 6.34 Å². The normalized spacial score (nSPS) is 22.4. The molecular formula is C6H10N4. The highest BCUT2D eigenvalue weighted by molar-refractivity contribution is 5.57. The summed E-state index contributed by atoms with van der Waals surface area (Å²) in [6.07, 6.45) is 2.45. The van der Waals surface area contributed by atoms with Crippen molar-refractivity contribution in [1.82, 2.24) is 10.3 Å². The number of hydrazone groups is 1. The molecule has 0 radical (unpaired) electrons. The molecule has 1 heterocycles. The molecule has 1 aliphatic heterocycles. The molecule has 1 unspecified atom stereocenters. The Labute approximate surface area is 60.1 Å². The Morgan fingerprint density at radius 2 is 2.70 bits per heavy atom. The van der Waals surface area contributed by atoms with Crippen LogP contribution in [0.1, 0.15) is 13.3 Å². The zero-order valence-corrected chi connectivity index (χ0v) is 5.91. The van der Waals surface area contributed by atoms with Gasteiger partial charge in [0.05, 0.1) is 0 Å². The lowest BCUT2D eigenvalue weighted by Crippen LogP contribution is -2.35. The van der Waals surface area contributed by atoms with Crippen LogP contribution >= 0.6 is 0 Å². The van der Waals surface area contributed by atoms with Crippen LogP contribution in [0.25, 0.3) is 0 Å². The van der Waals surface area contributed by atoms with Gasteiger partial charge in [0.2, 0.25) is 6.17 Å². The third kappa shape index (κ3) is 1.18. The first-order valence-corrected chi connectivity index (χ1v) is 3.32. The van der Waals surface area contributed by atoms with Gasteiger partial charge in [-0.15, -0.1) is 0 Å². The van der Waals surface area contributed by atoms with Gasteiger partial charge in [-0.3, -0.25) is 5.43 Å². The van der Waals surface area contributed by atoms with Gasteiger partial charge >= 0.3 is 0 Å². The summed E-state index contributed by atoms with van der Waals surface area (Å²) >= 11 is 0. The molecule has 4 heteroatoms. The lowest BCUT2D eigenvalue weighted by Gasteiger charge is -2.15. The summed E-state index contributed by atoms with van der Waals surface area (Å²) in [6.45, 7) is 2.95. The predicted octanol–water partition coefficient (Wildman–Crippen LogP) is 0.0946. The van der Waals surface area contributed by atoms with Crippen molar-refractivity contribution in [2.24, 2.45) is 5.10 Å². The topological polar surface area (TPSA) is 51.4 Å². The Hall–Kier alpha value is -1.24. The number of rotatable bonds is 2. The molecule has 1 rings (SSSR count). The first kappa shape index (κ1) is 6.87. The first-order chi connectivity index (χ1) is 4.88. The third-order valence-electron chi connectivity index (χ3n) is 1.34. The van der Waals surface area contributed by atoms with Crippen LogP contribution in [-0.2, 0) is 0 Å². The fraction of sp³-hybridized carbons (Fsp3) is 0.667. The van der Waals surface area contributed by atoms with Crippen LogP contribution in [0.3, 0.4) is 0 Å². The van der Waals surface area contributed by atoms with Crippen molar-refractivity contribution in [3.05, 3.63) is 0 Å². The molecule has 0 aromatic carbocycles. The molecule has 0 fully saturated rings. The second-order valence-corrected chi connectivity index (χ2v) is 2.14. The average Bonchev–Trinajstić information content (AvgIpc) is 2.36. The molecule has 0 aromatic rings. The predicted molar refractivity (Wildman–Crippen MR) is 38.0 cm³/mol. The van der Waals surface area contributed by atoms with Crippen LogP contribution < -0.4 is 5.43 Å². The first-order valence-electron chi connectivity index (χ1n) is 3.32. The van der Waals surface area contributed by atoms with E-state index in [1.54, 1.807) is 6.34 Å². The highest BCUT2D eigenvalue weighted by atomic mass is 15.5. The standard InChI is InChI=1S/C6H10N4/c1-2-3-10-5-8-9-6(10)4-7/h5-6,9H,2-3H2,1H3. The molecule has 0 saturated heterocycles. The highest BCUT2D eigenvalue weighted by Crippen LogP contribution is 1.98. The number of nitrogens with one attached hydrogen (secondary N) is 1. The van der Waals surface area contributed by atoms with E-state index >= 15 is 0 Å². The summed E-state index contributed by atoms with van der Waals surface area (Å²) in [7, 11) is 0. The molecule has 0 bridgehead atoms. The van der Waals surface area contributed by atoms with Crippen LogP contribution in [0.5, 0.6) is 0 Å². The molecule has 0 saturated carbocycles. The number of hydrogen-bond donors (Lipinski definition) is 1. The van der Waals surface area contributed by atoms with Gasteiger partial charge in [-0.1, -0.05) is 6.92 Å². The van der Waals surface area contributed by atoms with Gasteiger partial charge in [-0.25, -0.2) is 0 Å². The van der Waals surface area contributed by atoms with Crippen LogP contribution in [0.2, 0.25) is 0 Å². The summed E-state index contributed by atoms with van der Waals surface area (Å²) in [5.41, 5.74) is 2.68. The van der Waals surface area contributed by atoms with E-state index in [9.17, 15) is 0 Å². The molecule has 0 spiro atoms. The Morgan fingerprint density at radius 3 is 3.30 bits per heavy atom. The minimum Gasteiger partial charge on any atom is -0.328 e. The van der Waals surface area contributed by atoms with Gasteiger partial charge in [0.1, 0.15) is 12.4 Å². The fourth-order valence-corrected chi connectivity index (χ4v) is 0.867. The Balaban J connectivity index is 2.43. The van der Waals surface area contributed by atoms with Crippen molar-refractivity contribution in [2.75, 3.05) is 6.54 Å². The second-order valence-electron chi connectivity index (χ2n) is 2.14. The summed E-state index contributed by atoms with van der Waals surface area (Å²) in [6, 6.07) is 2.09. The van der Waals surface area contributed by atoms with E-state index in [0.717, 1.165) is 13.0 Å². The SMILES string of the molecule is CCCN1C=NNC1C#N. The Morgan fingerprint density at radius 1 is 1.90 bits per heavy atom. The number of nitrogens with zero attached hydrogens (tertiary/aromatic N) is 3. The van der Waals surface area contributed by atoms with Gasteiger partial charge in [0.15, 0.2) is 0 Å². The molecule has 0 aromatic heterocycles. The van der Waals surface area contributed by atoms with Gasteiger partial charge in [0.25, 0.3) is 0 Å². The smallest absolute Gasteiger partial charge is 0.205 e. The molecule has 1 aliphatic rings. The number of nitriles is 1.